The summed E-state index contributed by atoms with van der Waals surface area (Å²) in [4.78, 5) is 90.0. The van der Waals surface area contributed by atoms with Crippen LogP contribution in [0.25, 0.3) is 10.9 Å². The van der Waals surface area contributed by atoms with E-state index in [-0.39, 0.29) is 44.9 Å². The van der Waals surface area contributed by atoms with Crippen molar-refractivity contribution in [1.29, 1.82) is 0 Å². The van der Waals surface area contributed by atoms with Crippen LogP contribution in [-0.4, -0.2) is 98.8 Å². The number of ether oxygens (including phenoxy) is 3. The Morgan fingerprint density at radius 3 is 2.21 bits per heavy atom. The van der Waals surface area contributed by atoms with E-state index in [2.05, 4.69) is 37.2 Å². The third kappa shape index (κ3) is 17.5. The first kappa shape index (κ1) is 56.7. The van der Waals surface area contributed by atoms with Gasteiger partial charge in [0.15, 0.2) is 0 Å². The number of nitrogens with one attached hydrogen (secondary N) is 4. The third-order valence-electron chi connectivity index (χ3n) is 11.1. The molecule has 0 radical (unpaired) electrons. The van der Waals surface area contributed by atoms with Gasteiger partial charge >= 0.3 is 18.2 Å². The molecule has 71 heavy (non-hydrogen) atoms. The summed E-state index contributed by atoms with van der Waals surface area (Å²) >= 11 is 11.9. The number of nitrogens with zero attached hydrogens (tertiary/aromatic N) is 3. The van der Waals surface area contributed by atoms with Crippen molar-refractivity contribution in [3.63, 3.8) is 0 Å². The number of rotatable bonds is 12. The van der Waals surface area contributed by atoms with Crippen LogP contribution < -0.4 is 21.3 Å². The van der Waals surface area contributed by atoms with Crippen LogP contribution in [0.15, 0.2) is 75.3 Å². The Hall–Kier alpha value is -5.17. The first-order chi connectivity index (χ1) is 33.3. The lowest BCUT2D eigenvalue weighted by molar-refractivity contribution is -0.155. The van der Waals surface area contributed by atoms with Gasteiger partial charge in [-0.15, -0.1) is 0 Å². The molecule has 1 aliphatic rings. The molecule has 2 aromatic heterocycles. The van der Waals surface area contributed by atoms with Gasteiger partial charge < -0.3 is 40.4 Å². The lowest BCUT2D eigenvalue weighted by Crippen LogP contribution is -2.57. The number of fused-ring (bicyclic) bond motifs is 3. The maximum absolute atomic E-state index is 15.1. The summed E-state index contributed by atoms with van der Waals surface area (Å²) in [5.41, 5.74) is 0.506. The van der Waals surface area contributed by atoms with E-state index in [4.69, 9.17) is 30.8 Å². The van der Waals surface area contributed by atoms with Crippen LogP contribution in [0.3, 0.4) is 0 Å². The molecule has 0 bridgehead atoms. The van der Waals surface area contributed by atoms with Crippen molar-refractivity contribution in [2.45, 2.75) is 172 Å². The fraction of sp³-hybridized carbons (Fsp3) is 0.519. The predicted octanol–water partition coefficient (Wildman–Crippen LogP) is 9.63. The van der Waals surface area contributed by atoms with E-state index in [0.717, 1.165) is 5.56 Å². The SMILES string of the molecule is CN1C(=O)[C@H](CCCCNC(=O)OC(C)(C)C)NC(=O)[C@H](CCCCC(=O)OC(C)(C)C)NCc2cccnc2Sc2c(Cl)cc(Br)cc2CNC(=O)[C@@H]1Cc1cn(C(=O)OC(C)(C)C)c2ccccc12. The molecule has 3 heterocycles. The normalized spacial score (nSPS) is 17.6. The first-order valence-corrected chi connectivity index (χ1v) is 26.0. The Morgan fingerprint density at radius 1 is 0.831 bits per heavy atom. The second kappa shape index (κ2) is 25.0. The molecule has 0 aliphatic carbocycles. The smallest absolute Gasteiger partial charge is 0.419 e. The minimum absolute atomic E-state index is 0.0229. The van der Waals surface area contributed by atoms with Crippen molar-refractivity contribution in [3.05, 3.63) is 87.1 Å². The topological polar surface area (TPSA) is 199 Å². The van der Waals surface area contributed by atoms with Crippen molar-refractivity contribution < 1.29 is 43.0 Å². The number of hydrogen-bond acceptors (Lipinski definition) is 12. The molecule has 386 valence electrons. The summed E-state index contributed by atoms with van der Waals surface area (Å²) in [7, 11) is 1.53. The molecule has 4 N–H and O–H groups in total. The Labute approximate surface area is 434 Å². The van der Waals surface area contributed by atoms with E-state index in [1.165, 1.54) is 28.3 Å². The quantitative estimate of drug-likeness (QED) is 0.0596. The number of unbranched alkanes of at least 4 members (excludes halogenated alkanes) is 2. The van der Waals surface area contributed by atoms with Crippen molar-refractivity contribution in [3.8, 4) is 0 Å². The fourth-order valence-electron chi connectivity index (χ4n) is 7.87. The molecule has 0 saturated heterocycles. The summed E-state index contributed by atoms with van der Waals surface area (Å²) in [5.74, 6) is -1.82. The van der Waals surface area contributed by atoms with Crippen molar-refractivity contribution >= 4 is 86.1 Å². The number of pyridine rings is 1. The van der Waals surface area contributed by atoms with E-state index in [0.29, 0.717) is 73.6 Å². The maximum atomic E-state index is 15.1. The number of hydrogen-bond donors (Lipinski definition) is 4. The number of carbonyl (C=O) groups excluding carboxylic acids is 6. The van der Waals surface area contributed by atoms with Crippen LogP contribution in [0.2, 0.25) is 5.02 Å². The van der Waals surface area contributed by atoms with E-state index in [9.17, 15) is 24.0 Å². The number of benzene rings is 2. The number of para-hydroxylation sites is 1. The van der Waals surface area contributed by atoms with Crippen LogP contribution in [0.5, 0.6) is 0 Å². The number of halogens is 2. The molecule has 1 aliphatic heterocycles. The zero-order valence-electron chi connectivity index (χ0n) is 42.5. The molecular weight excluding hydrogens is 1010 g/mol. The number of esters is 1. The molecule has 3 atom stereocenters. The van der Waals surface area contributed by atoms with Gasteiger partial charge in [-0.05, 0) is 135 Å². The van der Waals surface area contributed by atoms with Gasteiger partial charge in [-0.2, -0.15) is 0 Å². The predicted molar refractivity (Wildman–Crippen MR) is 278 cm³/mol. The second-order valence-corrected chi connectivity index (χ2v) is 22.9. The minimum Gasteiger partial charge on any atom is -0.460 e. The van der Waals surface area contributed by atoms with E-state index < -0.39 is 64.8 Å². The highest BCUT2D eigenvalue weighted by atomic mass is 79.9. The van der Waals surface area contributed by atoms with Gasteiger partial charge in [0.2, 0.25) is 17.7 Å². The highest BCUT2D eigenvalue weighted by Crippen LogP contribution is 2.39. The summed E-state index contributed by atoms with van der Waals surface area (Å²) in [6.07, 6.45) is 4.51. The zero-order chi connectivity index (χ0) is 52.3. The maximum Gasteiger partial charge on any atom is 0.419 e. The molecular formula is C52H69BrClN7O9S. The summed E-state index contributed by atoms with van der Waals surface area (Å²) in [6, 6.07) is 11.5. The first-order valence-electron chi connectivity index (χ1n) is 24.0. The number of amides is 4. The van der Waals surface area contributed by atoms with Crippen LogP contribution in [0, 0.1) is 0 Å². The Balaban J connectivity index is 1.56. The van der Waals surface area contributed by atoms with Crippen LogP contribution in [-0.2, 0) is 52.9 Å². The Bertz CT molecular complexity index is 2550. The molecule has 5 rings (SSSR count). The standard InChI is InChI=1S/C52H69BrClN7O9S/c1-50(2,3)68-42(62)23-14-12-20-38-44(63)59-39(21-15-16-24-56-48(66)69-51(4,5)6)47(65)60(10)41(27-34-31-61(49(67)70-52(7,8)9)40-22-13-11-19-36(34)40)45(64)58-30-33-26-35(53)28-37(54)43(33)71-46-32(29-57-38)18-17-25-55-46/h11,13,17-19,22,25-26,28,31,38-39,41,57H,12,14-16,20-21,23-24,27,29-30H2,1-10H3,(H,56,66)(H,58,64)(H,59,63)/t38-,39-,41-/m0/s1. The van der Waals surface area contributed by atoms with E-state index in [1.807, 2.05) is 45.0 Å². The molecule has 0 fully saturated rings. The van der Waals surface area contributed by atoms with Crippen LogP contribution >= 0.6 is 39.3 Å². The largest absolute Gasteiger partial charge is 0.460 e. The molecule has 4 amide bonds. The summed E-state index contributed by atoms with van der Waals surface area (Å²) < 4.78 is 18.8. The monoisotopic (exact) mass is 1080 g/mol. The van der Waals surface area contributed by atoms with Gasteiger partial charge in [-0.3, -0.25) is 23.7 Å². The Morgan fingerprint density at radius 2 is 1.51 bits per heavy atom. The van der Waals surface area contributed by atoms with E-state index >= 15 is 4.79 Å². The average Bonchev–Trinajstić information content (AvgIpc) is 3.63. The highest BCUT2D eigenvalue weighted by Gasteiger charge is 2.35. The summed E-state index contributed by atoms with van der Waals surface area (Å²) in [6.45, 7) is 16.6. The van der Waals surface area contributed by atoms with Crippen LogP contribution in [0.4, 0.5) is 9.59 Å². The van der Waals surface area contributed by atoms with Gasteiger partial charge in [0, 0.05) is 66.7 Å². The van der Waals surface area contributed by atoms with Gasteiger partial charge in [-0.1, -0.05) is 70.0 Å². The summed E-state index contributed by atoms with van der Waals surface area (Å²) in [5, 5.41) is 14.0. The lowest BCUT2D eigenvalue weighted by Gasteiger charge is -2.32. The van der Waals surface area contributed by atoms with Gasteiger partial charge in [-0.25, -0.2) is 14.6 Å². The van der Waals surface area contributed by atoms with Crippen LogP contribution in [0.1, 0.15) is 124 Å². The van der Waals surface area contributed by atoms with Gasteiger partial charge in [0.25, 0.3) is 0 Å². The molecule has 4 aromatic rings. The third-order valence-corrected chi connectivity index (χ3v) is 13.2. The van der Waals surface area contributed by atoms with E-state index in [1.54, 1.807) is 78.2 Å². The molecule has 0 unspecified atom stereocenters. The van der Waals surface area contributed by atoms with Gasteiger partial charge in [0.05, 0.1) is 16.6 Å². The highest BCUT2D eigenvalue weighted by molar-refractivity contribution is 9.10. The molecule has 0 saturated carbocycles. The number of alkyl carbamates (subject to hydrolysis) is 1. The molecule has 16 nitrogen and oxygen atoms in total. The molecule has 0 spiro atoms. The molecule has 19 heteroatoms. The lowest BCUT2D eigenvalue weighted by atomic mass is 10.0. The second-order valence-electron chi connectivity index (χ2n) is 20.6. The van der Waals surface area contributed by atoms with Gasteiger partial charge in [0.1, 0.15) is 33.9 Å². The fourth-order valence-corrected chi connectivity index (χ4v) is 9.86. The molecule has 2 aromatic carbocycles. The van der Waals surface area contributed by atoms with Crippen molar-refractivity contribution in [2.75, 3.05) is 13.6 Å². The number of aromatic nitrogens is 2. The minimum atomic E-state index is -1.16. The number of likely N-dealkylation sites (N-methyl/N-ethyl adjacent to an activating group) is 1. The van der Waals surface area contributed by atoms with Crippen molar-refractivity contribution in [2.24, 2.45) is 0 Å². The zero-order valence-corrected chi connectivity index (χ0v) is 45.6. The Kier molecular flexibility index (Phi) is 20.0. The average molecular weight is 1080 g/mol. The van der Waals surface area contributed by atoms with Crippen molar-refractivity contribution in [1.82, 2.24) is 35.7 Å². The number of carbonyl (C=O) groups is 6.